The van der Waals surface area contributed by atoms with Crippen molar-refractivity contribution in [2.45, 2.75) is 6.54 Å². The standard InChI is InChI=1S/C15H18FN5OS2/c1-22-15(23)17-9-11-10-21(19-18-11)12-2-3-14(13(16)8-12)20-4-6-24-7-5-20/h2-3,8,10H,4-7,9H2,1H3,(H,17,23). The van der Waals surface area contributed by atoms with Gasteiger partial charge in [-0.2, -0.15) is 11.8 Å². The van der Waals surface area contributed by atoms with Gasteiger partial charge in [0.05, 0.1) is 31.2 Å². The molecule has 24 heavy (non-hydrogen) atoms. The summed E-state index contributed by atoms with van der Waals surface area (Å²) in [4.78, 5) is 2.08. The molecule has 1 fully saturated rings. The zero-order valence-electron chi connectivity index (χ0n) is 13.2. The number of thiocarbonyl (C=S) groups is 1. The summed E-state index contributed by atoms with van der Waals surface area (Å²) in [5, 5.41) is 11.3. The molecule has 1 aliphatic heterocycles. The van der Waals surface area contributed by atoms with Gasteiger partial charge in [0.25, 0.3) is 5.17 Å². The Balaban J connectivity index is 1.72. The second-order valence-electron chi connectivity index (χ2n) is 5.23. The summed E-state index contributed by atoms with van der Waals surface area (Å²) in [6, 6.07) is 5.15. The molecule has 1 aromatic heterocycles. The van der Waals surface area contributed by atoms with Crippen molar-refractivity contribution in [1.29, 1.82) is 0 Å². The van der Waals surface area contributed by atoms with Gasteiger partial charge in [0, 0.05) is 30.7 Å². The highest BCUT2D eigenvalue weighted by Gasteiger charge is 2.16. The van der Waals surface area contributed by atoms with Crippen LogP contribution in [0.5, 0.6) is 0 Å². The summed E-state index contributed by atoms with van der Waals surface area (Å²) in [6.45, 7) is 2.15. The molecule has 128 valence electrons. The minimum atomic E-state index is -0.241. The van der Waals surface area contributed by atoms with Gasteiger partial charge in [-0.15, -0.1) is 5.10 Å². The Labute approximate surface area is 149 Å². The van der Waals surface area contributed by atoms with Crippen LogP contribution in [-0.2, 0) is 11.3 Å². The Morgan fingerprint density at radius 2 is 2.21 bits per heavy atom. The van der Waals surface area contributed by atoms with Crippen LogP contribution in [-0.4, -0.2) is 51.9 Å². The summed E-state index contributed by atoms with van der Waals surface area (Å²) >= 11 is 6.80. The smallest absolute Gasteiger partial charge is 0.256 e. The zero-order valence-corrected chi connectivity index (χ0v) is 14.9. The highest BCUT2D eigenvalue weighted by molar-refractivity contribution is 7.99. The van der Waals surface area contributed by atoms with Gasteiger partial charge in [-0.3, -0.25) is 0 Å². The molecule has 0 aliphatic carbocycles. The summed E-state index contributed by atoms with van der Waals surface area (Å²) in [6.07, 6.45) is 1.73. The Morgan fingerprint density at radius 3 is 2.92 bits per heavy atom. The van der Waals surface area contributed by atoms with Crippen molar-refractivity contribution in [3.8, 4) is 5.69 Å². The number of methoxy groups -OCH3 is 1. The maximum atomic E-state index is 14.5. The van der Waals surface area contributed by atoms with Gasteiger partial charge in [-0.25, -0.2) is 9.07 Å². The molecule has 0 saturated carbocycles. The van der Waals surface area contributed by atoms with E-state index >= 15 is 0 Å². The van der Waals surface area contributed by atoms with Crippen LogP contribution in [0, 0.1) is 5.82 Å². The lowest BCUT2D eigenvalue weighted by Crippen LogP contribution is -2.33. The first-order valence-electron chi connectivity index (χ1n) is 7.53. The molecule has 0 unspecified atom stereocenters. The van der Waals surface area contributed by atoms with E-state index in [-0.39, 0.29) is 5.82 Å². The van der Waals surface area contributed by atoms with Gasteiger partial charge >= 0.3 is 0 Å². The first kappa shape index (κ1) is 17.0. The third kappa shape index (κ3) is 3.96. The number of rotatable bonds is 4. The van der Waals surface area contributed by atoms with Crippen LogP contribution in [0.3, 0.4) is 0 Å². The topological polar surface area (TPSA) is 55.2 Å². The maximum Gasteiger partial charge on any atom is 0.256 e. The van der Waals surface area contributed by atoms with Crippen LogP contribution in [0.2, 0.25) is 0 Å². The molecule has 2 heterocycles. The first-order chi connectivity index (χ1) is 11.7. The van der Waals surface area contributed by atoms with Crippen LogP contribution in [0.15, 0.2) is 24.4 Å². The number of nitrogens with one attached hydrogen (secondary N) is 1. The number of benzene rings is 1. The first-order valence-corrected chi connectivity index (χ1v) is 9.09. The molecular formula is C15H18FN5OS2. The molecule has 0 radical (unpaired) electrons. The summed E-state index contributed by atoms with van der Waals surface area (Å²) < 4.78 is 20.9. The second-order valence-corrected chi connectivity index (χ2v) is 6.83. The number of hydrogen-bond acceptors (Lipinski definition) is 6. The number of ether oxygens (including phenoxy) is 1. The molecule has 0 bridgehead atoms. The van der Waals surface area contributed by atoms with Crippen molar-refractivity contribution in [3.63, 3.8) is 0 Å². The average molecular weight is 367 g/mol. The minimum Gasteiger partial charge on any atom is -0.474 e. The monoisotopic (exact) mass is 367 g/mol. The fourth-order valence-electron chi connectivity index (χ4n) is 2.44. The zero-order chi connectivity index (χ0) is 16.9. The molecular weight excluding hydrogens is 349 g/mol. The Morgan fingerprint density at radius 1 is 1.42 bits per heavy atom. The normalized spacial score (nSPS) is 14.5. The van der Waals surface area contributed by atoms with Crippen molar-refractivity contribution in [2.24, 2.45) is 0 Å². The Hall–Kier alpha value is -1.87. The quantitative estimate of drug-likeness (QED) is 0.829. The molecule has 0 amide bonds. The predicted octanol–water partition coefficient (Wildman–Crippen LogP) is 1.98. The summed E-state index contributed by atoms with van der Waals surface area (Å²) in [5.41, 5.74) is 1.97. The maximum absolute atomic E-state index is 14.5. The molecule has 0 spiro atoms. The van der Waals surface area contributed by atoms with Crippen molar-refractivity contribution in [1.82, 2.24) is 20.3 Å². The van der Waals surface area contributed by atoms with Crippen molar-refractivity contribution in [3.05, 3.63) is 35.9 Å². The molecule has 1 N–H and O–H groups in total. The average Bonchev–Trinajstić information content (AvgIpc) is 3.09. The second kappa shape index (κ2) is 7.80. The molecule has 1 saturated heterocycles. The van der Waals surface area contributed by atoms with Crippen LogP contribution >= 0.6 is 24.0 Å². The Kier molecular flexibility index (Phi) is 5.52. The third-order valence-electron chi connectivity index (χ3n) is 3.69. The van der Waals surface area contributed by atoms with Gasteiger partial charge in [-0.05, 0) is 24.4 Å². The third-order valence-corrected chi connectivity index (χ3v) is 4.94. The molecule has 6 nitrogen and oxygen atoms in total. The van der Waals surface area contributed by atoms with E-state index in [9.17, 15) is 4.39 Å². The lowest BCUT2D eigenvalue weighted by atomic mass is 10.2. The fourth-order valence-corrected chi connectivity index (χ4v) is 3.41. The Bertz CT molecular complexity index is 718. The van der Waals surface area contributed by atoms with Crippen LogP contribution in [0.4, 0.5) is 10.1 Å². The van der Waals surface area contributed by atoms with E-state index in [1.807, 2.05) is 17.8 Å². The largest absolute Gasteiger partial charge is 0.474 e. The van der Waals surface area contributed by atoms with Crippen molar-refractivity contribution >= 4 is 34.8 Å². The SMILES string of the molecule is COC(=S)NCc1cn(-c2ccc(N3CCSCC3)c(F)c2)nn1. The number of halogens is 1. The number of aromatic nitrogens is 3. The van der Waals surface area contributed by atoms with Crippen LogP contribution in [0.25, 0.3) is 5.69 Å². The van der Waals surface area contributed by atoms with Gasteiger partial charge in [-0.1, -0.05) is 5.21 Å². The fraction of sp³-hybridized carbons (Fsp3) is 0.400. The summed E-state index contributed by atoms with van der Waals surface area (Å²) in [5.74, 6) is 1.82. The lowest BCUT2D eigenvalue weighted by molar-refractivity contribution is 0.392. The molecule has 1 aliphatic rings. The van der Waals surface area contributed by atoms with E-state index < -0.39 is 0 Å². The lowest BCUT2D eigenvalue weighted by Gasteiger charge is -2.28. The van der Waals surface area contributed by atoms with Crippen LogP contribution in [0.1, 0.15) is 5.69 Å². The summed E-state index contributed by atoms with van der Waals surface area (Å²) in [7, 11) is 1.50. The van der Waals surface area contributed by atoms with E-state index in [1.165, 1.54) is 13.2 Å². The van der Waals surface area contributed by atoms with Gasteiger partial charge in [0.15, 0.2) is 0 Å². The molecule has 0 atom stereocenters. The van der Waals surface area contributed by atoms with E-state index in [4.69, 9.17) is 17.0 Å². The number of nitrogens with zero attached hydrogens (tertiary/aromatic N) is 4. The molecule has 1 aromatic carbocycles. The number of anilines is 1. The van der Waals surface area contributed by atoms with Crippen molar-refractivity contribution < 1.29 is 9.13 Å². The van der Waals surface area contributed by atoms with Gasteiger partial charge < -0.3 is 15.0 Å². The highest BCUT2D eigenvalue weighted by Crippen LogP contribution is 2.24. The molecule has 9 heteroatoms. The number of hydrogen-bond donors (Lipinski definition) is 1. The minimum absolute atomic E-state index is 0.241. The van der Waals surface area contributed by atoms with Crippen molar-refractivity contribution in [2.75, 3.05) is 36.6 Å². The van der Waals surface area contributed by atoms with Gasteiger partial charge in [0.1, 0.15) is 11.5 Å². The molecule has 2 aromatic rings. The van der Waals surface area contributed by atoms with Crippen LogP contribution < -0.4 is 10.2 Å². The van der Waals surface area contributed by atoms with Gasteiger partial charge in [0.2, 0.25) is 0 Å². The molecule has 3 rings (SSSR count). The van der Waals surface area contributed by atoms with E-state index in [1.54, 1.807) is 16.9 Å². The van der Waals surface area contributed by atoms with E-state index in [0.29, 0.717) is 28.8 Å². The van der Waals surface area contributed by atoms with E-state index in [0.717, 1.165) is 24.6 Å². The van der Waals surface area contributed by atoms with E-state index in [2.05, 4.69) is 20.5 Å². The predicted molar refractivity (Wildman–Crippen MR) is 97.3 cm³/mol. The number of thioether (sulfide) groups is 1. The highest BCUT2D eigenvalue weighted by atomic mass is 32.2.